The maximum atomic E-state index is 13.1. The van der Waals surface area contributed by atoms with Crippen LogP contribution in [0.3, 0.4) is 0 Å². The van der Waals surface area contributed by atoms with Crippen molar-refractivity contribution in [3.63, 3.8) is 0 Å². The molecule has 4 nitrogen and oxygen atoms in total. The summed E-state index contributed by atoms with van der Waals surface area (Å²) >= 11 is 5.66. The van der Waals surface area contributed by atoms with Gasteiger partial charge in [0.15, 0.2) is 0 Å². The van der Waals surface area contributed by atoms with E-state index < -0.39 is 17.8 Å². The van der Waals surface area contributed by atoms with Crippen molar-refractivity contribution in [2.24, 2.45) is 0 Å². The van der Waals surface area contributed by atoms with E-state index in [0.717, 1.165) is 6.07 Å². The van der Waals surface area contributed by atoms with E-state index >= 15 is 0 Å². The van der Waals surface area contributed by atoms with Gasteiger partial charge in [0.05, 0.1) is 12.7 Å². The van der Waals surface area contributed by atoms with Gasteiger partial charge in [-0.15, -0.1) is 0 Å². The fraction of sp³-hybridized carbons (Fsp3) is 0.462. The van der Waals surface area contributed by atoms with Crippen molar-refractivity contribution < 1.29 is 22.7 Å². The predicted octanol–water partition coefficient (Wildman–Crippen LogP) is 3.25. The molecule has 0 unspecified atom stereocenters. The fourth-order valence-corrected chi connectivity index (χ4v) is 2.44. The first-order valence-electron chi connectivity index (χ1n) is 6.27. The summed E-state index contributed by atoms with van der Waals surface area (Å²) in [5, 5.41) is 0.0410. The minimum atomic E-state index is -4.47. The number of ether oxygens (including phenoxy) is 1. The Morgan fingerprint density at radius 1 is 1.24 bits per heavy atom. The number of alkyl halides is 3. The summed E-state index contributed by atoms with van der Waals surface area (Å²) in [6, 6.07) is 3.71. The number of rotatable bonds is 1. The largest absolute Gasteiger partial charge is 0.453 e. The molecule has 1 aliphatic rings. The lowest BCUT2D eigenvalue weighted by molar-refractivity contribution is -0.137. The van der Waals surface area contributed by atoms with Crippen LogP contribution in [0.5, 0.6) is 0 Å². The van der Waals surface area contributed by atoms with Crippen molar-refractivity contribution in [1.29, 1.82) is 0 Å². The number of hydrogen-bond acceptors (Lipinski definition) is 3. The number of benzene rings is 1. The minimum absolute atomic E-state index is 0.0410. The van der Waals surface area contributed by atoms with E-state index in [4.69, 9.17) is 11.6 Å². The normalized spacial score (nSPS) is 16.0. The molecule has 1 aliphatic heterocycles. The highest BCUT2D eigenvalue weighted by Crippen LogP contribution is 2.38. The molecule has 1 aromatic carbocycles. The van der Waals surface area contributed by atoms with Crippen LogP contribution in [0.2, 0.25) is 5.02 Å². The van der Waals surface area contributed by atoms with Gasteiger partial charge in [0.1, 0.15) is 0 Å². The lowest BCUT2D eigenvalue weighted by atomic mass is 10.1. The van der Waals surface area contributed by atoms with Gasteiger partial charge in [-0.25, -0.2) is 4.79 Å². The highest BCUT2D eigenvalue weighted by Gasteiger charge is 2.36. The predicted molar refractivity (Wildman–Crippen MR) is 72.6 cm³/mol. The fourth-order valence-electron chi connectivity index (χ4n) is 2.27. The van der Waals surface area contributed by atoms with Gasteiger partial charge in [0, 0.05) is 36.9 Å². The molecule has 0 radical (unpaired) electrons. The molecule has 8 heteroatoms. The highest BCUT2D eigenvalue weighted by atomic mass is 35.5. The lowest BCUT2D eigenvalue weighted by Gasteiger charge is -2.36. The number of methoxy groups -OCH3 is 1. The molecule has 1 heterocycles. The molecule has 0 bridgehead atoms. The molecule has 0 saturated carbocycles. The van der Waals surface area contributed by atoms with Crippen LogP contribution in [0.25, 0.3) is 0 Å². The SMILES string of the molecule is COC(=O)N1CCN(c2ccc(Cl)cc2C(F)(F)F)CC1. The van der Waals surface area contributed by atoms with Crippen LogP contribution in [-0.4, -0.2) is 44.3 Å². The topological polar surface area (TPSA) is 32.8 Å². The molecule has 0 spiro atoms. The van der Waals surface area contributed by atoms with Crippen LogP contribution < -0.4 is 4.90 Å². The van der Waals surface area contributed by atoms with Crippen molar-refractivity contribution in [2.45, 2.75) is 6.18 Å². The van der Waals surface area contributed by atoms with E-state index in [0.29, 0.717) is 26.2 Å². The Labute approximate surface area is 125 Å². The first kappa shape index (κ1) is 15.8. The van der Waals surface area contributed by atoms with Crippen LogP contribution in [0.4, 0.5) is 23.7 Å². The summed E-state index contributed by atoms with van der Waals surface area (Å²) in [5.41, 5.74) is -0.682. The Bertz CT molecular complexity index is 529. The zero-order valence-corrected chi connectivity index (χ0v) is 12.0. The quantitative estimate of drug-likeness (QED) is 0.795. The van der Waals surface area contributed by atoms with Crippen LogP contribution in [0, 0.1) is 0 Å². The highest BCUT2D eigenvalue weighted by molar-refractivity contribution is 6.30. The zero-order chi connectivity index (χ0) is 15.6. The summed E-state index contributed by atoms with van der Waals surface area (Å²) in [5.74, 6) is 0. The second-order valence-corrected chi connectivity index (χ2v) is 5.04. The first-order valence-corrected chi connectivity index (χ1v) is 6.65. The van der Waals surface area contributed by atoms with Crippen LogP contribution >= 0.6 is 11.6 Å². The Kier molecular flexibility index (Phi) is 4.51. The molecular weight excluding hydrogens is 309 g/mol. The maximum Gasteiger partial charge on any atom is 0.418 e. The molecule has 0 N–H and O–H groups in total. The van der Waals surface area contributed by atoms with E-state index in [1.807, 2.05) is 0 Å². The zero-order valence-electron chi connectivity index (χ0n) is 11.3. The number of amides is 1. The van der Waals surface area contributed by atoms with E-state index in [-0.39, 0.29) is 10.7 Å². The first-order chi connectivity index (χ1) is 9.82. The third-order valence-corrected chi connectivity index (χ3v) is 3.55. The lowest BCUT2D eigenvalue weighted by Crippen LogP contribution is -2.49. The van der Waals surface area contributed by atoms with Gasteiger partial charge in [0.2, 0.25) is 0 Å². The molecule has 21 heavy (non-hydrogen) atoms. The van der Waals surface area contributed by atoms with Crippen molar-refractivity contribution in [2.75, 3.05) is 38.2 Å². The molecule has 1 fully saturated rings. The van der Waals surface area contributed by atoms with Crippen molar-refractivity contribution in [3.8, 4) is 0 Å². The average Bonchev–Trinajstić information content (AvgIpc) is 2.45. The summed E-state index contributed by atoms with van der Waals surface area (Å²) in [4.78, 5) is 14.4. The van der Waals surface area contributed by atoms with E-state index in [1.165, 1.54) is 24.1 Å². The molecule has 1 saturated heterocycles. The van der Waals surface area contributed by atoms with Crippen LogP contribution in [0.15, 0.2) is 18.2 Å². The Hall–Kier alpha value is -1.63. The van der Waals surface area contributed by atoms with Gasteiger partial charge in [-0.2, -0.15) is 13.2 Å². The molecule has 1 aromatic rings. The number of nitrogens with zero attached hydrogens (tertiary/aromatic N) is 2. The third kappa shape index (κ3) is 3.53. The minimum Gasteiger partial charge on any atom is -0.453 e. The van der Waals surface area contributed by atoms with Crippen molar-refractivity contribution in [3.05, 3.63) is 28.8 Å². The van der Waals surface area contributed by atoms with Gasteiger partial charge in [-0.3, -0.25) is 0 Å². The molecule has 116 valence electrons. The smallest absolute Gasteiger partial charge is 0.418 e. The molecular formula is C13H14ClF3N2O2. The summed E-state index contributed by atoms with van der Waals surface area (Å²) in [6.45, 7) is 1.23. The number of carbonyl (C=O) groups is 1. The number of carbonyl (C=O) groups excluding carboxylic acids is 1. The molecule has 0 atom stereocenters. The van der Waals surface area contributed by atoms with E-state index in [9.17, 15) is 18.0 Å². The Morgan fingerprint density at radius 3 is 2.38 bits per heavy atom. The number of hydrogen-bond donors (Lipinski definition) is 0. The van der Waals surface area contributed by atoms with Gasteiger partial charge in [-0.1, -0.05) is 11.6 Å². The second kappa shape index (κ2) is 6.01. The maximum absolute atomic E-state index is 13.1. The summed E-state index contributed by atoms with van der Waals surface area (Å²) in [7, 11) is 1.27. The molecule has 0 aromatic heterocycles. The monoisotopic (exact) mass is 322 g/mol. The summed E-state index contributed by atoms with van der Waals surface area (Å²) in [6.07, 6.45) is -4.94. The van der Waals surface area contributed by atoms with Crippen LogP contribution in [-0.2, 0) is 10.9 Å². The van der Waals surface area contributed by atoms with Crippen molar-refractivity contribution >= 4 is 23.4 Å². The van der Waals surface area contributed by atoms with Gasteiger partial charge in [0.25, 0.3) is 0 Å². The van der Waals surface area contributed by atoms with Gasteiger partial charge >= 0.3 is 12.3 Å². The molecule has 1 amide bonds. The number of anilines is 1. The molecule has 0 aliphatic carbocycles. The van der Waals surface area contributed by atoms with Crippen molar-refractivity contribution in [1.82, 2.24) is 4.90 Å². The summed E-state index contributed by atoms with van der Waals surface area (Å²) < 4.78 is 43.8. The van der Waals surface area contributed by atoms with Gasteiger partial charge < -0.3 is 14.5 Å². The van der Waals surface area contributed by atoms with Gasteiger partial charge in [-0.05, 0) is 18.2 Å². The van der Waals surface area contributed by atoms with E-state index in [2.05, 4.69) is 4.74 Å². The Balaban J connectivity index is 2.19. The number of halogens is 4. The van der Waals surface area contributed by atoms with E-state index in [1.54, 1.807) is 4.90 Å². The number of piperazine rings is 1. The van der Waals surface area contributed by atoms with Crippen LogP contribution in [0.1, 0.15) is 5.56 Å². The third-order valence-electron chi connectivity index (χ3n) is 3.32. The molecule has 2 rings (SSSR count). The standard InChI is InChI=1S/C13H14ClF3N2O2/c1-21-12(20)19-6-4-18(5-7-19)11-3-2-9(14)8-10(11)13(15,16)17/h2-3,8H,4-7H2,1H3. The average molecular weight is 323 g/mol. The second-order valence-electron chi connectivity index (χ2n) is 4.60. The Morgan fingerprint density at radius 2 is 1.86 bits per heavy atom.